The smallest absolute Gasteiger partial charge is 0.305 e. The van der Waals surface area contributed by atoms with Crippen LogP contribution in [0.1, 0.15) is 29.0 Å². The molecular weight excluding hydrogens is 434 g/mol. The number of anilines is 1. The minimum atomic E-state index is -0.0965. The first-order valence-electron chi connectivity index (χ1n) is 12.0. The second kappa shape index (κ2) is 11.4. The molecule has 180 valence electrons. The number of piperidine rings is 1. The summed E-state index contributed by atoms with van der Waals surface area (Å²) >= 11 is 1.89. The molecule has 0 aliphatic carbocycles. The van der Waals surface area contributed by atoms with Crippen LogP contribution in [0.5, 0.6) is 5.75 Å². The average Bonchev–Trinajstić information content (AvgIpc) is 3.27. The Morgan fingerprint density at radius 2 is 1.85 bits per heavy atom. The van der Waals surface area contributed by atoms with E-state index in [1.807, 2.05) is 23.5 Å². The van der Waals surface area contributed by atoms with E-state index in [2.05, 4.69) is 45.9 Å². The van der Waals surface area contributed by atoms with E-state index in [9.17, 15) is 4.79 Å². The maximum atomic E-state index is 11.9. The number of benzene rings is 1. The van der Waals surface area contributed by atoms with Crippen LogP contribution in [0, 0.1) is 12.8 Å². The Labute approximate surface area is 202 Å². The predicted molar refractivity (Wildman–Crippen MR) is 134 cm³/mol. The third-order valence-corrected chi connectivity index (χ3v) is 8.09. The Morgan fingerprint density at radius 1 is 1.06 bits per heavy atom. The van der Waals surface area contributed by atoms with E-state index in [0.717, 1.165) is 64.4 Å². The number of carbonyl (C=O) groups is 1. The molecule has 2 fully saturated rings. The van der Waals surface area contributed by atoms with E-state index >= 15 is 0 Å². The molecule has 2 aliphatic rings. The zero-order chi connectivity index (χ0) is 23.2. The summed E-state index contributed by atoms with van der Waals surface area (Å²) in [4.78, 5) is 22.4. The molecule has 0 unspecified atom stereocenters. The molecule has 0 radical (unpaired) electrons. The van der Waals surface area contributed by atoms with E-state index in [0.29, 0.717) is 18.4 Å². The number of piperazine rings is 1. The molecule has 2 atom stereocenters. The number of esters is 1. The summed E-state index contributed by atoms with van der Waals surface area (Å²) in [6.45, 7) is 9.43. The number of likely N-dealkylation sites (tertiary alicyclic amines) is 1. The molecule has 1 aromatic carbocycles. The highest BCUT2D eigenvalue weighted by Gasteiger charge is 2.35. The molecule has 0 amide bonds. The minimum absolute atomic E-state index is 0.0965. The highest BCUT2D eigenvalue weighted by molar-refractivity contribution is 7.11. The number of thiophene rings is 1. The largest absolute Gasteiger partial charge is 0.495 e. The fourth-order valence-electron chi connectivity index (χ4n) is 5.38. The lowest BCUT2D eigenvalue weighted by Gasteiger charge is -2.47. The molecule has 1 aromatic heterocycles. The SMILES string of the molecule is COC(=O)CC[C@@H]1CN(Cc2ccc(C)s2)CC[C@@H]1N1CCN(c2ccccc2OC)CC1. The number of rotatable bonds is 8. The Kier molecular flexibility index (Phi) is 8.28. The number of hydrogen-bond donors (Lipinski definition) is 0. The number of carbonyl (C=O) groups excluding carboxylic acids is 1. The van der Waals surface area contributed by atoms with Crippen LogP contribution in [0.15, 0.2) is 36.4 Å². The number of para-hydroxylation sites is 2. The van der Waals surface area contributed by atoms with E-state index < -0.39 is 0 Å². The maximum absolute atomic E-state index is 11.9. The van der Waals surface area contributed by atoms with Gasteiger partial charge in [-0.2, -0.15) is 0 Å². The molecule has 33 heavy (non-hydrogen) atoms. The van der Waals surface area contributed by atoms with Gasteiger partial charge >= 0.3 is 5.97 Å². The molecule has 7 heteroatoms. The molecule has 4 rings (SSSR count). The summed E-state index contributed by atoms with van der Waals surface area (Å²) in [5.74, 6) is 1.33. The lowest BCUT2D eigenvalue weighted by molar-refractivity contribution is -0.141. The monoisotopic (exact) mass is 471 g/mol. The zero-order valence-corrected chi connectivity index (χ0v) is 21.0. The molecule has 0 bridgehead atoms. The second-order valence-corrected chi connectivity index (χ2v) is 10.5. The number of methoxy groups -OCH3 is 2. The maximum Gasteiger partial charge on any atom is 0.305 e. The van der Waals surface area contributed by atoms with Crippen LogP contribution < -0.4 is 9.64 Å². The van der Waals surface area contributed by atoms with E-state index in [1.54, 1.807) is 7.11 Å². The van der Waals surface area contributed by atoms with Gasteiger partial charge in [-0.25, -0.2) is 0 Å². The highest BCUT2D eigenvalue weighted by Crippen LogP contribution is 2.32. The summed E-state index contributed by atoms with van der Waals surface area (Å²) in [5.41, 5.74) is 1.18. The van der Waals surface area contributed by atoms with Gasteiger partial charge in [0, 0.05) is 68.0 Å². The summed E-state index contributed by atoms with van der Waals surface area (Å²) in [6, 6.07) is 13.3. The van der Waals surface area contributed by atoms with E-state index in [4.69, 9.17) is 9.47 Å². The van der Waals surface area contributed by atoms with Gasteiger partial charge in [0.05, 0.1) is 19.9 Å². The normalized spacial score (nSPS) is 22.3. The quantitative estimate of drug-likeness (QED) is 0.542. The average molecular weight is 472 g/mol. The van der Waals surface area contributed by atoms with Crippen molar-refractivity contribution in [2.24, 2.45) is 5.92 Å². The van der Waals surface area contributed by atoms with Gasteiger partial charge in [-0.05, 0) is 49.9 Å². The van der Waals surface area contributed by atoms with Crippen LogP contribution in [0.2, 0.25) is 0 Å². The fourth-order valence-corrected chi connectivity index (χ4v) is 6.32. The van der Waals surface area contributed by atoms with Gasteiger partial charge < -0.3 is 14.4 Å². The third-order valence-electron chi connectivity index (χ3n) is 7.11. The molecule has 0 saturated carbocycles. The van der Waals surface area contributed by atoms with Crippen molar-refractivity contribution in [1.82, 2.24) is 9.80 Å². The van der Waals surface area contributed by atoms with Crippen molar-refractivity contribution in [1.29, 1.82) is 0 Å². The van der Waals surface area contributed by atoms with Gasteiger partial charge in [0.1, 0.15) is 5.75 Å². The summed E-state index contributed by atoms with van der Waals surface area (Å²) in [7, 11) is 3.23. The molecule has 0 N–H and O–H groups in total. The van der Waals surface area contributed by atoms with Crippen LogP contribution >= 0.6 is 11.3 Å². The van der Waals surface area contributed by atoms with Gasteiger partial charge in [-0.3, -0.25) is 14.6 Å². The lowest BCUT2D eigenvalue weighted by Crippen LogP contribution is -2.56. The summed E-state index contributed by atoms with van der Waals surface area (Å²) in [5, 5.41) is 0. The van der Waals surface area contributed by atoms with Gasteiger partial charge in [-0.15, -0.1) is 11.3 Å². The van der Waals surface area contributed by atoms with Gasteiger partial charge in [0.2, 0.25) is 0 Å². The van der Waals surface area contributed by atoms with E-state index in [-0.39, 0.29) is 5.97 Å². The number of nitrogens with zero attached hydrogens (tertiary/aromatic N) is 3. The van der Waals surface area contributed by atoms with Crippen LogP contribution in [0.3, 0.4) is 0 Å². The first kappa shape index (κ1) is 24.0. The van der Waals surface area contributed by atoms with Crippen molar-refractivity contribution in [2.75, 3.05) is 58.4 Å². The van der Waals surface area contributed by atoms with Crippen molar-refractivity contribution in [3.8, 4) is 5.75 Å². The minimum Gasteiger partial charge on any atom is -0.495 e. The molecule has 2 aliphatic heterocycles. The second-order valence-electron chi connectivity index (χ2n) is 9.17. The predicted octanol–water partition coefficient (Wildman–Crippen LogP) is 4.03. The Bertz CT molecular complexity index is 910. The highest BCUT2D eigenvalue weighted by atomic mass is 32.1. The van der Waals surface area contributed by atoms with Crippen molar-refractivity contribution < 1.29 is 14.3 Å². The Morgan fingerprint density at radius 3 is 2.55 bits per heavy atom. The zero-order valence-electron chi connectivity index (χ0n) is 20.2. The number of ether oxygens (including phenoxy) is 2. The van der Waals surface area contributed by atoms with Crippen LogP contribution in [0.4, 0.5) is 5.69 Å². The molecule has 6 nitrogen and oxygen atoms in total. The molecule has 3 heterocycles. The van der Waals surface area contributed by atoms with Crippen molar-refractivity contribution in [3.63, 3.8) is 0 Å². The van der Waals surface area contributed by atoms with Gasteiger partial charge in [0.15, 0.2) is 0 Å². The number of hydrogen-bond acceptors (Lipinski definition) is 7. The molecular formula is C26H37N3O3S. The molecule has 2 saturated heterocycles. The van der Waals surface area contributed by atoms with Crippen molar-refractivity contribution in [2.45, 2.75) is 38.8 Å². The topological polar surface area (TPSA) is 45.2 Å². The van der Waals surface area contributed by atoms with Gasteiger partial charge in [0.25, 0.3) is 0 Å². The lowest BCUT2D eigenvalue weighted by atomic mass is 9.86. The van der Waals surface area contributed by atoms with Crippen molar-refractivity contribution in [3.05, 3.63) is 46.2 Å². The van der Waals surface area contributed by atoms with Crippen LogP contribution in [-0.2, 0) is 16.1 Å². The molecule has 2 aromatic rings. The number of aryl methyl sites for hydroxylation is 1. The third kappa shape index (κ3) is 6.08. The van der Waals surface area contributed by atoms with E-state index in [1.165, 1.54) is 22.6 Å². The standard InChI is InChI=1S/C26H37N3O3S/c1-20-8-10-22(33-20)19-27-13-12-23(21(18-27)9-11-26(30)32-3)28-14-16-29(17-15-28)24-6-4-5-7-25(24)31-2/h4-8,10,21,23H,9,11-19H2,1-3H3/t21-,23+/m1/s1. The van der Waals surface area contributed by atoms with Crippen LogP contribution in [-0.4, -0.2) is 75.3 Å². The fraction of sp³-hybridized carbons (Fsp3) is 0.577. The van der Waals surface area contributed by atoms with Gasteiger partial charge in [-0.1, -0.05) is 12.1 Å². The Balaban J connectivity index is 1.39. The first-order chi connectivity index (χ1) is 16.1. The summed E-state index contributed by atoms with van der Waals surface area (Å²) < 4.78 is 10.5. The Hall–Kier alpha value is -2.09. The summed E-state index contributed by atoms with van der Waals surface area (Å²) in [6.07, 6.45) is 2.56. The first-order valence-corrected chi connectivity index (χ1v) is 12.9. The van der Waals surface area contributed by atoms with Crippen LogP contribution in [0.25, 0.3) is 0 Å². The van der Waals surface area contributed by atoms with Crippen molar-refractivity contribution >= 4 is 23.0 Å². The molecule has 0 spiro atoms.